The number of fused-ring (bicyclic) bond motifs is 1. The first-order valence-electron chi connectivity index (χ1n) is 7.65. The fraction of sp³-hybridized carbons (Fsp3) is 0.625. The van der Waals surface area contributed by atoms with Crippen molar-refractivity contribution >= 4 is 0 Å². The molecule has 0 aromatic heterocycles. The van der Waals surface area contributed by atoms with E-state index >= 15 is 0 Å². The Hall–Kier alpha value is -1.07. The van der Waals surface area contributed by atoms with Crippen molar-refractivity contribution in [1.29, 1.82) is 0 Å². The number of hydrogen-bond acceptors (Lipinski definition) is 2. The maximum atomic E-state index is 12.8. The molecule has 1 aromatic carbocycles. The maximum absolute atomic E-state index is 12.8. The molecular formula is C16H21F3N2. The Kier molecular flexibility index (Phi) is 4.22. The molecule has 0 unspecified atom stereocenters. The number of halogens is 3. The van der Waals surface area contributed by atoms with E-state index in [1.165, 1.54) is 31.5 Å². The van der Waals surface area contributed by atoms with Crippen molar-refractivity contribution in [3.05, 3.63) is 35.4 Å². The predicted molar refractivity (Wildman–Crippen MR) is 75.9 cm³/mol. The summed E-state index contributed by atoms with van der Waals surface area (Å²) in [5.41, 5.74) is 0.216. The van der Waals surface area contributed by atoms with Gasteiger partial charge in [0, 0.05) is 19.1 Å². The van der Waals surface area contributed by atoms with Crippen LogP contribution in [0.15, 0.2) is 24.3 Å². The summed E-state index contributed by atoms with van der Waals surface area (Å²) in [6.07, 6.45) is -0.673. The molecule has 3 rings (SSSR count). The molecule has 21 heavy (non-hydrogen) atoms. The van der Waals surface area contributed by atoms with E-state index < -0.39 is 11.7 Å². The van der Waals surface area contributed by atoms with Crippen LogP contribution in [-0.2, 0) is 12.7 Å². The second-order valence-electron chi connectivity index (χ2n) is 6.12. The van der Waals surface area contributed by atoms with Crippen molar-refractivity contribution in [1.82, 2.24) is 9.80 Å². The fourth-order valence-corrected chi connectivity index (χ4v) is 3.53. The molecular weight excluding hydrogens is 277 g/mol. The van der Waals surface area contributed by atoms with Crippen molar-refractivity contribution in [3.8, 4) is 0 Å². The molecule has 0 saturated carbocycles. The van der Waals surface area contributed by atoms with Crippen LogP contribution in [0, 0.1) is 0 Å². The van der Waals surface area contributed by atoms with Gasteiger partial charge >= 0.3 is 6.18 Å². The monoisotopic (exact) mass is 298 g/mol. The van der Waals surface area contributed by atoms with E-state index in [-0.39, 0.29) is 0 Å². The molecule has 2 fully saturated rings. The number of rotatable bonds is 2. The first-order valence-corrected chi connectivity index (χ1v) is 7.65. The lowest BCUT2D eigenvalue weighted by Crippen LogP contribution is -2.36. The van der Waals surface area contributed by atoms with Crippen LogP contribution in [0.1, 0.15) is 30.4 Å². The highest BCUT2D eigenvalue weighted by Crippen LogP contribution is 2.30. The van der Waals surface area contributed by atoms with Crippen LogP contribution in [0.25, 0.3) is 0 Å². The van der Waals surface area contributed by atoms with E-state index in [2.05, 4.69) is 9.80 Å². The van der Waals surface area contributed by atoms with E-state index in [1.54, 1.807) is 6.07 Å². The summed E-state index contributed by atoms with van der Waals surface area (Å²) in [6, 6.07) is 6.34. The molecule has 2 heterocycles. The summed E-state index contributed by atoms with van der Waals surface area (Å²) in [5, 5.41) is 0. The van der Waals surface area contributed by atoms with Gasteiger partial charge in [-0.15, -0.1) is 0 Å². The molecule has 116 valence electrons. The number of alkyl halides is 3. The van der Waals surface area contributed by atoms with Crippen LogP contribution in [0.5, 0.6) is 0 Å². The molecule has 1 aromatic rings. The zero-order chi connectivity index (χ0) is 14.9. The summed E-state index contributed by atoms with van der Waals surface area (Å²) in [5.74, 6) is 0. The summed E-state index contributed by atoms with van der Waals surface area (Å²) < 4.78 is 38.3. The van der Waals surface area contributed by atoms with Gasteiger partial charge in [-0.05, 0) is 50.5 Å². The third-order valence-corrected chi connectivity index (χ3v) is 4.55. The van der Waals surface area contributed by atoms with Gasteiger partial charge in [-0.3, -0.25) is 9.80 Å². The van der Waals surface area contributed by atoms with Crippen LogP contribution < -0.4 is 0 Å². The van der Waals surface area contributed by atoms with Gasteiger partial charge in [-0.25, -0.2) is 0 Å². The minimum Gasteiger partial charge on any atom is -0.299 e. The smallest absolute Gasteiger partial charge is 0.299 e. The van der Waals surface area contributed by atoms with Gasteiger partial charge in [0.05, 0.1) is 5.56 Å². The van der Waals surface area contributed by atoms with Gasteiger partial charge in [0.25, 0.3) is 0 Å². The summed E-state index contributed by atoms with van der Waals surface area (Å²) in [7, 11) is 0. The Morgan fingerprint density at radius 3 is 2.71 bits per heavy atom. The quantitative estimate of drug-likeness (QED) is 0.826. The molecule has 2 saturated heterocycles. The van der Waals surface area contributed by atoms with E-state index in [0.717, 1.165) is 37.7 Å². The van der Waals surface area contributed by atoms with Crippen LogP contribution >= 0.6 is 0 Å². The lowest BCUT2D eigenvalue weighted by molar-refractivity contribution is -0.137. The molecule has 0 amide bonds. The molecule has 2 aliphatic rings. The first kappa shape index (κ1) is 14.9. The average molecular weight is 298 g/mol. The zero-order valence-corrected chi connectivity index (χ0v) is 12.1. The second kappa shape index (κ2) is 5.97. The first-order chi connectivity index (χ1) is 10.0. The number of nitrogens with zero attached hydrogens (tertiary/aromatic N) is 2. The van der Waals surface area contributed by atoms with Crippen LogP contribution in [0.3, 0.4) is 0 Å². The predicted octanol–water partition coefficient (Wildman–Crippen LogP) is 3.38. The molecule has 2 aliphatic heterocycles. The van der Waals surface area contributed by atoms with Crippen LogP contribution in [0.2, 0.25) is 0 Å². The van der Waals surface area contributed by atoms with Gasteiger partial charge in [0.15, 0.2) is 0 Å². The standard InChI is InChI=1S/C16H21F3N2/c17-16(18,19)14-5-1-4-13(10-14)11-20-7-3-9-21-8-2-6-15(21)12-20/h1,4-5,10,15H,2-3,6-9,11-12H2/t15-/m0/s1. The van der Waals surface area contributed by atoms with Gasteiger partial charge < -0.3 is 0 Å². The fourth-order valence-electron chi connectivity index (χ4n) is 3.53. The minimum atomic E-state index is -4.25. The average Bonchev–Trinajstić information content (AvgIpc) is 2.77. The van der Waals surface area contributed by atoms with Crippen LogP contribution in [0.4, 0.5) is 13.2 Å². The topological polar surface area (TPSA) is 6.48 Å². The Morgan fingerprint density at radius 1 is 1.10 bits per heavy atom. The highest BCUT2D eigenvalue weighted by molar-refractivity contribution is 5.25. The van der Waals surface area contributed by atoms with Gasteiger partial charge in [0.2, 0.25) is 0 Å². The highest BCUT2D eigenvalue weighted by Gasteiger charge is 2.31. The van der Waals surface area contributed by atoms with E-state index in [1.807, 2.05) is 0 Å². The molecule has 0 bridgehead atoms. The molecule has 1 atom stereocenters. The molecule has 0 radical (unpaired) electrons. The van der Waals surface area contributed by atoms with Crippen molar-refractivity contribution in [2.45, 2.75) is 38.0 Å². The van der Waals surface area contributed by atoms with Crippen molar-refractivity contribution < 1.29 is 13.2 Å². The maximum Gasteiger partial charge on any atom is 0.416 e. The minimum absolute atomic E-state index is 0.544. The van der Waals surface area contributed by atoms with Crippen LogP contribution in [-0.4, -0.2) is 42.0 Å². The SMILES string of the molecule is FC(F)(F)c1cccc(CN2CCCN3CCC[C@H]3C2)c1. The molecule has 0 N–H and O–H groups in total. The second-order valence-corrected chi connectivity index (χ2v) is 6.12. The van der Waals surface area contributed by atoms with Crippen molar-refractivity contribution in [2.75, 3.05) is 26.2 Å². The summed E-state index contributed by atoms with van der Waals surface area (Å²) in [4.78, 5) is 4.84. The summed E-state index contributed by atoms with van der Waals surface area (Å²) >= 11 is 0. The third kappa shape index (κ3) is 3.58. The Bertz CT molecular complexity index is 487. The normalized spacial score (nSPS) is 24.8. The Balaban J connectivity index is 1.68. The van der Waals surface area contributed by atoms with Crippen molar-refractivity contribution in [3.63, 3.8) is 0 Å². The molecule has 5 heteroatoms. The van der Waals surface area contributed by atoms with E-state index in [0.29, 0.717) is 12.6 Å². The molecule has 0 spiro atoms. The Morgan fingerprint density at radius 2 is 1.90 bits per heavy atom. The summed E-state index contributed by atoms with van der Waals surface area (Å²) in [6.45, 7) is 4.89. The van der Waals surface area contributed by atoms with Crippen molar-refractivity contribution in [2.24, 2.45) is 0 Å². The number of hydrogen-bond donors (Lipinski definition) is 0. The number of benzene rings is 1. The molecule has 0 aliphatic carbocycles. The van der Waals surface area contributed by atoms with Gasteiger partial charge in [-0.2, -0.15) is 13.2 Å². The highest BCUT2D eigenvalue weighted by atomic mass is 19.4. The third-order valence-electron chi connectivity index (χ3n) is 4.55. The lowest BCUT2D eigenvalue weighted by atomic mass is 10.1. The molecule has 2 nitrogen and oxygen atoms in total. The zero-order valence-electron chi connectivity index (χ0n) is 12.1. The van der Waals surface area contributed by atoms with Gasteiger partial charge in [0.1, 0.15) is 0 Å². The van der Waals surface area contributed by atoms with E-state index in [9.17, 15) is 13.2 Å². The lowest BCUT2D eigenvalue weighted by Gasteiger charge is -2.25. The van der Waals surface area contributed by atoms with Gasteiger partial charge in [-0.1, -0.05) is 18.2 Å². The largest absolute Gasteiger partial charge is 0.416 e. The Labute approximate surface area is 123 Å². The van der Waals surface area contributed by atoms with E-state index in [4.69, 9.17) is 0 Å².